The van der Waals surface area contributed by atoms with Gasteiger partial charge in [-0.15, -0.1) is 11.8 Å². The summed E-state index contributed by atoms with van der Waals surface area (Å²) in [5.41, 5.74) is 4.10. The number of thioether (sulfide) groups is 1. The second kappa shape index (κ2) is 6.04. The molecule has 1 heterocycles. The average Bonchev–Trinajstić information content (AvgIpc) is 2.79. The fourth-order valence-corrected chi connectivity index (χ4v) is 2.66. The first-order chi connectivity index (χ1) is 8.70. The van der Waals surface area contributed by atoms with Crippen LogP contribution in [0.25, 0.3) is 0 Å². The molecule has 1 unspecified atom stereocenters. The first-order valence-electron chi connectivity index (χ1n) is 5.83. The van der Waals surface area contributed by atoms with Gasteiger partial charge in [0.2, 0.25) is 0 Å². The lowest BCUT2D eigenvalue weighted by Gasteiger charge is -2.15. The van der Waals surface area contributed by atoms with Gasteiger partial charge in [0.1, 0.15) is 5.82 Å². The molecule has 0 saturated carbocycles. The zero-order valence-electron chi connectivity index (χ0n) is 10.6. The second-order valence-electron chi connectivity index (χ2n) is 4.24. The van der Waals surface area contributed by atoms with Crippen LogP contribution < -0.4 is 11.3 Å². The molecule has 2 aromatic rings. The van der Waals surface area contributed by atoms with Gasteiger partial charge in [-0.25, -0.2) is 10.4 Å². The van der Waals surface area contributed by atoms with Crippen molar-refractivity contribution < 1.29 is 0 Å². The van der Waals surface area contributed by atoms with E-state index in [0.717, 1.165) is 11.6 Å². The summed E-state index contributed by atoms with van der Waals surface area (Å²) >= 11 is 1.77. The second-order valence-corrected chi connectivity index (χ2v) is 5.33. The zero-order chi connectivity index (χ0) is 13.0. The minimum atomic E-state index is 0.0521. The summed E-state index contributed by atoms with van der Waals surface area (Å²) in [4.78, 5) is 5.57. The van der Waals surface area contributed by atoms with Crippen molar-refractivity contribution >= 4 is 11.8 Å². The predicted molar refractivity (Wildman–Crippen MR) is 75.2 cm³/mol. The minimum absolute atomic E-state index is 0.0521. The number of benzene rings is 1. The van der Waals surface area contributed by atoms with E-state index in [0.29, 0.717) is 0 Å². The van der Waals surface area contributed by atoms with Crippen molar-refractivity contribution in [2.75, 3.05) is 5.75 Å². The number of nitrogens with zero attached hydrogens (tertiary/aromatic N) is 2. The summed E-state index contributed by atoms with van der Waals surface area (Å²) in [6, 6.07) is 8.55. The van der Waals surface area contributed by atoms with Gasteiger partial charge < -0.3 is 4.57 Å². The summed E-state index contributed by atoms with van der Waals surface area (Å²) in [5, 5.41) is 0. The van der Waals surface area contributed by atoms with E-state index in [2.05, 4.69) is 41.6 Å². The van der Waals surface area contributed by atoms with Crippen molar-refractivity contribution in [2.45, 2.75) is 17.9 Å². The highest BCUT2D eigenvalue weighted by molar-refractivity contribution is 7.99. The molecule has 0 bridgehead atoms. The summed E-state index contributed by atoms with van der Waals surface area (Å²) in [6.07, 6.45) is 3.71. The topological polar surface area (TPSA) is 55.9 Å². The Bertz CT molecular complexity index is 492. The Morgan fingerprint density at radius 2 is 2.11 bits per heavy atom. The number of hydrogen-bond donors (Lipinski definition) is 2. The van der Waals surface area contributed by atoms with Crippen molar-refractivity contribution in [2.24, 2.45) is 12.9 Å². The van der Waals surface area contributed by atoms with Gasteiger partial charge in [-0.1, -0.05) is 17.7 Å². The van der Waals surface area contributed by atoms with E-state index in [1.54, 1.807) is 18.0 Å². The molecule has 0 saturated heterocycles. The maximum absolute atomic E-state index is 5.60. The molecule has 4 nitrogen and oxygen atoms in total. The number of aromatic nitrogens is 2. The highest BCUT2D eigenvalue weighted by Crippen LogP contribution is 2.23. The predicted octanol–water partition coefficient (Wildman–Crippen LogP) is 2.03. The van der Waals surface area contributed by atoms with Crippen LogP contribution >= 0.6 is 11.8 Å². The van der Waals surface area contributed by atoms with Crippen LogP contribution in [0, 0.1) is 6.92 Å². The molecule has 0 aliphatic carbocycles. The summed E-state index contributed by atoms with van der Waals surface area (Å²) in [5.74, 6) is 7.41. The SMILES string of the molecule is Cc1ccc(SCC(NN)c2nccn2C)cc1. The minimum Gasteiger partial charge on any atom is -0.337 e. The van der Waals surface area contributed by atoms with Crippen molar-refractivity contribution in [3.8, 4) is 0 Å². The first kappa shape index (κ1) is 13.1. The number of imidazole rings is 1. The lowest BCUT2D eigenvalue weighted by atomic mass is 10.2. The third-order valence-electron chi connectivity index (χ3n) is 2.81. The molecule has 0 fully saturated rings. The van der Waals surface area contributed by atoms with Gasteiger partial charge in [0.15, 0.2) is 0 Å². The smallest absolute Gasteiger partial charge is 0.127 e. The van der Waals surface area contributed by atoms with Crippen LogP contribution in [0.5, 0.6) is 0 Å². The first-order valence-corrected chi connectivity index (χ1v) is 6.82. The van der Waals surface area contributed by atoms with E-state index in [1.807, 2.05) is 17.8 Å². The van der Waals surface area contributed by atoms with Crippen LogP contribution in [0.3, 0.4) is 0 Å². The van der Waals surface area contributed by atoms with Gasteiger partial charge >= 0.3 is 0 Å². The standard InChI is InChI=1S/C13H18N4S/c1-10-3-5-11(6-4-10)18-9-12(16-14)13-15-7-8-17(13)2/h3-8,12,16H,9,14H2,1-2H3. The molecule has 2 rings (SSSR count). The molecule has 5 heteroatoms. The van der Waals surface area contributed by atoms with Crippen LogP contribution in [0.2, 0.25) is 0 Å². The molecule has 96 valence electrons. The van der Waals surface area contributed by atoms with Gasteiger partial charge in [0.05, 0.1) is 6.04 Å². The Labute approximate surface area is 112 Å². The van der Waals surface area contributed by atoms with Gasteiger partial charge in [-0.2, -0.15) is 0 Å². The van der Waals surface area contributed by atoms with Crippen molar-refractivity contribution in [3.63, 3.8) is 0 Å². The highest BCUT2D eigenvalue weighted by Gasteiger charge is 2.14. The fraction of sp³-hybridized carbons (Fsp3) is 0.308. The van der Waals surface area contributed by atoms with E-state index >= 15 is 0 Å². The van der Waals surface area contributed by atoms with Gasteiger partial charge in [0.25, 0.3) is 0 Å². The van der Waals surface area contributed by atoms with E-state index in [4.69, 9.17) is 5.84 Å². The molecule has 1 aromatic heterocycles. The van der Waals surface area contributed by atoms with Gasteiger partial charge in [0, 0.05) is 30.1 Å². The molecule has 0 radical (unpaired) electrons. The van der Waals surface area contributed by atoms with E-state index in [1.165, 1.54) is 10.5 Å². The number of rotatable bonds is 5. The van der Waals surface area contributed by atoms with Crippen LogP contribution in [-0.4, -0.2) is 15.3 Å². The molecule has 0 spiro atoms. The van der Waals surface area contributed by atoms with Crippen molar-refractivity contribution in [1.82, 2.24) is 15.0 Å². The van der Waals surface area contributed by atoms with Crippen LogP contribution in [-0.2, 0) is 7.05 Å². The quantitative estimate of drug-likeness (QED) is 0.492. The Kier molecular flexibility index (Phi) is 4.41. The lowest BCUT2D eigenvalue weighted by Crippen LogP contribution is -2.31. The van der Waals surface area contributed by atoms with Crippen molar-refractivity contribution in [3.05, 3.63) is 48.0 Å². The molecule has 3 N–H and O–H groups in total. The number of nitrogens with one attached hydrogen (secondary N) is 1. The monoisotopic (exact) mass is 262 g/mol. The number of nitrogens with two attached hydrogens (primary N) is 1. The Hall–Kier alpha value is -1.30. The van der Waals surface area contributed by atoms with Gasteiger partial charge in [-0.05, 0) is 19.1 Å². The number of hydrogen-bond acceptors (Lipinski definition) is 4. The maximum Gasteiger partial charge on any atom is 0.127 e. The molecular formula is C13H18N4S. The third-order valence-corrected chi connectivity index (χ3v) is 3.91. The molecule has 1 aromatic carbocycles. The highest BCUT2D eigenvalue weighted by atomic mass is 32.2. The fourth-order valence-electron chi connectivity index (χ4n) is 1.72. The maximum atomic E-state index is 5.60. The number of hydrazine groups is 1. The Balaban J connectivity index is 2.00. The Morgan fingerprint density at radius 3 is 2.67 bits per heavy atom. The summed E-state index contributed by atoms with van der Waals surface area (Å²) in [6.45, 7) is 2.09. The molecule has 18 heavy (non-hydrogen) atoms. The molecule has 0 amide bonds. The van der Waals surface area contributed by atoms with E-state index in [9.17, 15) is 0 Å². The summed E-state index contributed by atoms with van der Waals surface area (Å²) < 4.78 is 1.99. The van der Waals surface area contributed by atoms with E-state index in [-0.39, 0.29) is 6.04 Å². The molecule has 1 atom stereocenters. The van der Waals surface area contributed by atoms with Crippen molar-refractivity contribution in [1.29, 1.82) is 0 Å². The van der Waals surface area contributed by atoms with Crippen LogP contribution in [0.1, 0.15) is 17.4 Å². The zero-order valence-corrected chi connectivity index (χ0v) is 11.4. The summed E-state index contributed by atoms with van der Waals surface area (Å²) in [7, 11) is 1.98. The Morgan fingerprint density at radius 1 is 1.39 bits per heavy atom. The normalized spacial score (nSPS) is 12.6. The van der Waals surface area contributed by atoms with Crippen LogP contribution in [0.15, 0.2) is 41.6 Å². The average molecular weight is 262 g/mol. The molecule has 0 aliphatic heterocycles. The molecule has 0 aliphatic rings. The molecular weight excluding hydrogens is 244 g/mol. The lowest BCUT2D eigenvalue weighted by molar-refractivity contribution is 0.557. The van der Waals surface area contributed by atoms with Gasteiger partial charge in [-0.3, -0.25) is 5.84 Å². The number of aryl methyl sites for hydroxylation is 2. The largest absolute Gasteiger partial charge is 0.337 e. The van der Waals surface area contributed by atoms with Crippen LogP contribution in [0.4, 0.5) is 0 Å². The third kappa shape index (κ3) is 3.13. The van der Waals surface area contributed by atoms with E-state index < -0.39 is 0 Å².